The van der Waals surface area contributed by atoms with Crippen molar-refractivity contribution in [1.82, 2.24) is 0 Å². The number of hydrogen-bond acceptors (Lipinski definition) is 4. The summed E-state index contributed by atoms with van der Waals surface area (Å²) in [5, 5.41) is 0. The number of halogens is 1. The average Bonchev–Trinajstić information content (AvgIpc) is 2.43. The van der Waals surface area contributed by atoms with Crippen LogP contribution < -0.4 is 11.3 Å². The summed E-state index contributed by atoms with van der Waals surface area (Å²) in [6, 6.07) is 4.05. The Balaban J connectivity index is 0.000000191. The molecule has 0 unspecified atom stereocenters. The highest BCUT2D eigenvalue weighted by Crippen LogP contribution is 2.13. The second kappa shape index (κ2) is 6.94. The summed E-state index contributed by atoms with van der Waals surface area (Å²) in [5.74, 6) is 0. The second-order valence-corrected chi connectivity index (χ2v) is 3.83. The van der Waals surface area contributed by atoms with Gasteiger partial charge in [-0.25, -0.2) is 19.3 Å². The standard InChI is InChI=1S/C6H2BrNO2.C6H3NO2/c1-8-4-2-5(7)6(9)10-3-4;1-7-5-2-3-6(8)9-4-5/h2-3H;2-4H. The van der Waals surface area contributed by atoms with Crippen LogP contribution in [0.2, 0.25) is 0 Å². The second-order valence-electron chi connectivity index (χ2n) is 2.98. The Bertz CT molecular complexity index is 744. The van der Waals surface area contributed by atoms with Gasteiger partial charge >= 0.3 is 11.3 Å². The summed E-state index contributed by atoms with van der Waals surface area (Å²) in [6.45, 7) is 13.0. The van der Waals surface area contributed by atoms with Gasteiger partial charge in [-0.3, -0.25) is 0 Å². The Labute approximate surface area is 115 Å². The molecule has 6 nitrogen and oxygen atoms in total. The molecule has 94 valence electrons. The van der Waals surface area contributed by atoms with Gasteiger partial charge in [0.05, 0.1) is 17.6 Å². The molecule has 0 bridgehead atoms. The lowest BCUT2D eigenvalue weighted by atomic mass is 10.5. The Morgan fingerprint density at radius 2 is 1.63 bits per heavy atom. The van der Waals surface area contributed by atoms with Crippen LogP contribution in [0.3, 0.4) is 0 Å². The molecule has 2 heterocycles. The smallest absolute Gasteiger partial charge is 0.347 e. The zero-order chi connectivity index (χ0) is 14.3. The Morgan fingerprint density at radius 1 is 1.00 bits per heavy atom. The van der Waals surface area contributed by atoms with E-state index in [1.807, 2.05) is 0 Å². The van der Waals surface area contributed by atoms with E-state index >= 15 is 0 Å². The van der Waals surface area contributed by atoms with Crippen molar-refractivity contribution in [1.29, 1.82) is 0 Å². The monoisotopic (exact) mass is 320 g/mol. The van der Waals surface area contributed by atoms with Gasteiger partial charge in [-0.05, 0) is 28.1 Å². The molecule has 0 spiro atoms. The molecule has 2 rings (SSSR count). The van der Waals surface area contributed by atoms with Crippen molar-refractivity contribution in [2.24, 2.45) is 0 Å². The summed E-state index contributed by atoms with van der Waals surface area (Å²) in [4.78, 5) is 26.9. The number of rotatable bonds is 0. The fourth-order valence-corrected chi connectivity index (χ4v) is 1.19. The Morgan fingerprint density at radius 3 is 2.11 bits per heavy atom. The van der Waals surface area contributed by atoms with E-state index in [1.54, 1.807) is 0 Å². The lowest BCUT2D eigenvalue weighted by Crippen LogP contribution is -1.96. The predicted octanol–water partition coefficient (Wildman–Crippen LogP) is 3.14. The van der Waals surface area contributed by atoms with E-state index in [0.717, 1.165) is 12.5 Å². The maximum Gasteiger partial charge on any atom is 0.347 e. The summed E-state index contributed by atoms with van der Waals surface area (Å²) in [7, 11) is 0. The Kier molecular flexibility index (Phi) is 5.27. The maximum atomic E-state index is 10.6. The molecule has 0 fully saturated rings. The van der Waals surface area contributed by atoms with Crippen molar-refractivity contribution < 1.29 is 8.83 Å². The van der Waals surface area contributed by atoms with E-state index in [0.29, 0.717) is 11.4 Å². The highest BCUT2D eigenvalue weighted by Gasteiger charge is 1.97. The Hall–Kier alpha value is -2.64. The van der Waals surface area contributed by atoms with E-state index in [-0.39, 0.29) is 4.47 Å². The zero-order valence-corrected chi connectivity index (χ0v) is 10.9. The van der Waals surface area contributed by atoms with Crippen LogP contribution in [-0.2, 0) is 0 Å². The summed E-state index contributed by atoms with van der Waals surface area (Å²) < 4.78 is 9.12. The molecule has 0 aliphatic carbocycles. The van der Waals surface area contributed by atoms with Gasteiger partial charge in [0.15, 0.2) is 0 Å². The molecule has 0 aliphatic rings. The first-order chi connectivity index (χ1) is 9.06. The van der Waals surface area contributed by atoms with Crippen LogP contribution >= 0.6 is 15.9 Å². The van der Waals surface area contributed by atoms with Gasteiger partial charge in [-0.2, -0.15) is 0 Å². The molecule has 0 amide bonds. The van der Waals surface area contributed by atoms with Crippen molar-refractivity contribution in [3.05, 3.63) is 78.9 Å². The van der Waals surface area contributed by atoms with Crippen molar-refractivity contribution in [3.63, 3.8) is 0 Å². The molecule has 0 saturated heterocycles. The first kappa shape index (κ1) is 14.4. The van der Waals surface area contributed by atoms with Crippen LogP contribution in [0.25, 0.3) is 9.69 Å². The summed E-state index contributed by atoms with van der Waals surface area (Å²) >= 11 is 2.94. The molecule has 0 N–H and O–H groups in total. The van der Waals surface area contributed by atoms with Gasteiger partial charge in [0.25, 0.3) is 0 Å². The van der Waals surface area contributed by atoms with E-state index in [4.69, 9.17) is 13.1 Å². The molecule has 0 radical (unpaired) electrons. The molecule has 19 heavy (non-hydrogen) atoms. The molecule has 0 aliphatic heterocycles. The third kappa shape index (κ3) is 4.62. The topological polar surface area (TPSA) is 69.1 Å². The van der Waals surface area contributed by atoms with Crippen LogP contribution in [0.1, 0.15) is 0 Å². The van der Waals surface area contributed by atoms with E-state index in [1.165, 1.54) is 18.2 Å². The molecule has 0 saturated carbocycles. The van der Waals surface area contributed by atoms with Gasteiger partial charge < -0.3 is 8.83 Å². The summed E-state index contributed by atoms with van der Waals surface area (Å²) in [6.07, 6.45) is 2.26. The summed E-state index contributed by atoms with van der Waals surface area (Å²) in [5.41, 5.74) is -0.240. The van der Waals surface area contributed by atoms with Crippen LogP contribution in [0.4, 0.5) is 11.4 Å². The SMILES string of the molecule is [C-]#[N+]c1ccc(=O)oc1.[C-]#[N+]c1coc(=O)c(Br)c1. The first-order valence-electron chi connectivity index (χ1n) is 4.69. The van der Waals surface area contributed by atoms with Crippen LogP contribution in [0.5, 0.6) is 0 Å². The molecular weight excluding hydrogens is 316 g/mol. The van der Waals surface area contributed by atoms with Crippen molar-refractivity contribution in [2.45, 2.75) is 0 Å². The fraction of sp³-hybridized carbons (Fsp3) is 0. The van der Waals surface area contributed by atoms with E-state index < -0.39 is 11.3 Å². The molecule has 7 heteroatoms. The lowest BCUT2D eigenvalue weighted by Gasteiger charge is -1.86. The minimum Gasteiger partial charge on any atom is -0.443 e. The molecule has 0 atom stereocenters. The lowest BCUT2D eigenvalue weighted by molar-refractivity contribution is 0.509. The molecule has 0 aromatic carbocycles. The van der Waals surface area contributed by atoms with Gasteiger partial charge in [0, 0.05) is 6.07 Å². The minimum absolute atomic E-state index is 0.279. The maximum absolute atomic E-state index is 10.6. The zero-order valence-electron chi connectivity index (χ0n) is 9.29. The van der Waals surface area contributed by atoms with E-state index in [2.05, 4.69) is 34.5 Å². The quantitative estimate of drug-likeness (QED) is 0.699. The highest BCUT2D eigenvalue weighted by atomic mass is 79.9. The van der Waals surface area contributed by atoms with Crippen LogP contribution in [-0.4, -0.2) is 0 Å². The van der Waals surface area contributed by atoms with Crippen molar-refractivity contribution in [3.8, 4) is 0 Å². The van der Waals surface area contributed by atoms with Crippen molar-refractivity contribution in [2.75, 3.05) is 0 Å². The highest BCUT2D eigenvalue weighted by molar-refractivity contribution is 9.10. The molecular formula is C12H5BrN2O4. The molecule has 2 aromatic rings. The molecule has 2 aromatic heterocycles. The minimum atomic E-state index is -0.465. The van der Waals surface area contributed by atoms with Crippen LogP contribution in [0, 0.1) is 13.1 Å². The normalized spacial score (nSPS) is 8.58. The number of nitrogens with zero attached hydrogens (tertiary/aromatic N) is 2. The largest absolute Gasteiger partial charge is 0.443 e. The van der Waals surface area contributed by atoms with Gasteiger partial charge in [-0.1, -0.05) is 0 Å². The average molecular weight is 321 g/mol. The number of hydrogen-bond donors (Lipinski definition) is 0. The first-order valence-corrected chi connectivity index (χ1v) is 5.48. The van der Waals surface area contributed by atoms with Gasteiger partial charge in [0.2, 0.25) is 11.4 Å². The fourth-order valence-electron chi connectivity index (χ4n) is 0.866. The van der Waals surface area contributed by atoms with Gasteiger partial charge in [0.1, 0.15) is 12.5 Å². The van der Waals surface area contributed by atoms with Crippen LogP contribution in [0.15, 0.2) is 53.6 Å². The van der Waals surface area contributed by atoms with Gasteiger partial charge in [-0.15, -0.1) is 0 Å². The third-order valence-electron chi connectivity index (χ3n) is 1.70. The third-order valence-corrected chi connectivity index (χ3v) is 2.25. The van der Waals surface area contributed by atoms with E-state index in [9.17, 15) is 9.59 Å². The predicted molar refractivity (Wildman–Crippen MR) is 70.2 cm³/mol. The van der Waals surface area contributed by atoms with Crippen molar-refractivity contribution >= 4 is 27.3 Å².